The van der Waals surface area contributed by atoms with Crippen LogP contribution in [-0.4, -0.2) is 39.6 Å². The lowest BCUT2D eigenvalue weighted by Gasteiger charge is -2.14. The molecule has 4 N–H and O–H groups in total. The van der Waals surface area contributed by atoms with Gasteiger partial charge in [0.25, 0.3) is 5.91 Å². The molecule has 0 saturated heterocycles. The van der Waals surface area contributed by atoms with Crippen LogP contribution < -0.4 is 25.8 Å². The van der Waals surface area contributed by atoms with Gasteiger partial charge in [0, 0.05) is 12.5 Å². The highest BCUT2D eigenvalue weighted by atomic mass is 35.5. The molecule has 0 saturated carbocycles. The van der Waals surface area contributed by atoms with Crippen molar-refractivity contribution in [2.45, 2.75) is 12.8 Å². The largest absolute Gasteiger partial charge is 0.493 e. The first kappa shape index (κ1) is 20.0. The molecule has 0 aromatic heterocycles. The Labute approximate surface area is 135 Å². The summed E-state index contributed by atoms with van der Waals surface area (Å²) in [5.74, 6) is -0.0612. The summed E-state index contributed by atoms with van der Waals surface area (Å²) < 4.78 is 10.3. The van der Waals surface area contributed by atoms with E-state index in [9.17, 15) is 9.59 Å². The number of carbonyl (C=O) groups is 2. The number of amides is 2. The molecule has 2 amide bonds. The molecule has 8 heteroatoms. The van der Waals surface area contributed by atoms with Gasteiger partial charge in [-0.05, 0) is 26.1 Å². The van der Waals surface area contributed by atoms with Gasteiger partial charge in [0.1, 0.15) is 0 Å². The SMILES string of the molecule is CNCCCC(=O)Nc1cc(OC)c(OC)cc1C(N)=O.Cl. The molecule has 0 aliphatic rings. The predicted molar refractivity (Wildman–Crippen MR) is 87.1 cm³/mol. The minimum absolute atomic E-state index is 0. The van der Waals surface area contributed by atoms with Gasteiger partial charge >= 0.3 is 0 Å². The summed E-state index contributed by atoms with van der Waals surface area (Å²) in [7, 11) is 4.75. The van der Waals surface area contributed by atoms with Crippen molar-refractivity contribution in [2.24, 2.45) is 5.73 Å². The van der Waals surface area contributed by atoms with E-state index in [4.69, 9.17) is 15.2 Å². The van der Waals surface area contributed by atoms with Crippen LogP contribution in [0.5, 0.6) is 11.5 Å². The van der Waals surface area contributed by atoms with E-state index >= 15 is 0 Å². The molecule has 0 bridgehead atoms. The molecule has 0 spiro atoms. The topological polar surface area (TPSA) is 103 Å². The zero-order valence-corrected chi connectivity index (χ0v) is 13.7. The Balaban J connectivity index is 0.00000441. The Morgan fingerprint density at radius 1 is 1.18 bits per heavy atom. The number of ether oxygens (including phenoxy) is 2. The van der Waals surface area contributed by atoms with Gasteiger partial charge in [-0.3, -0.25) is 9.59 Å². The van der Waals surface area contributed by atoms with Crippen molar-refractivity contribution in [3.8, 4) is 11.5 Å². The highest BCUT2D eigenvalue weighted by Gasteiger charge is 2.16. The van der Waals surface area contributed by atoms with Crippen LogP contribution in [0.25, 0.3) is 0 Å². The summed E-state index contributed by atoms with van der Waals surface area (Å²) in [6.45, 7) is 0.738. The number of rotatable bonds is 8. The molecule has 0 fully saturated rings. The maximum Gasteiger partial charge on any atom is 0.250 e. The van der Waals surface area contributed by atoms with Gasteiger partial charge in [-0.15, -0.1) is 12.4 Å². The summed E-state index contributed by atoms with van der Waals surface area (Å²) in [4.78, 5) is 23.3. The molecular formula is C14H22ClN3O4. The Hall–Kier alpha value is -1.99. The standard InChI is InChI=1S/C14H21N3O4.ClH/c1-16-6-4-5-13(18)17-10-8-12(21-3)11(20-2)7-9(10)14(15)19;/h7-8,16H,4-6H2,1-3H3,(H2,15,19)(H,17,18);1H. The summed E-state index contributed by atoms with van der Waals surface area (Å²) in [6, 6.07) is 2.97. The van der Waals surface area contributed by atoms with Crippen LogP contribution in [0, 0.1) is 0 Å². The zero-order valence-electron chi connectivity index (χ0n) is 12.9. The van der Waals surface area contributed by atoms with Crippen LogP contribution in [0.15, 0.2) is 12.1 Å². The van der Waals surface area contributed by atoms with Crippen molar-refractivity contribution < 1.29 is 19.1 Å². The summed E-state index contributed by atoms with van der Waals surface area (Å²) in [5, 5.41) is 5.63. The molecule has 7 nitrogen and oxygen atoms in total. The predicted octanol–water partition coefficient (Wildman–Crippen LogP) is 1.16. The number of hydrogen-bond donors (Lipinski definition) is 3. The smallest absolute Gasteiger partial charge is 0.250 e. The fourth-order valence-corrected chi connectivity index (χ4v) is 1.82. The molecule has 0 aliphatic carbocycles. The second-order valence-electron chi connectivity index (χ2n) is 4.37. The molecule has 124 valence electrons. The fraction of sp³-hybridized carbons (Fsp3) is 0.429. The van der Waals surface area contributed by atoms with Crippen molar-refractivity contribution >= 4 is 29.9 Å². The Morgan fingerprint density at radius 3 is 2.27 bits per heavy atom. The maximum atomic E-state index is 11.9. The van der Waals surface area contributed by atoms with Gasteiger partial charge in [-0.1, -0.05) is 0 Å². The Bertz CT molecular complexity index is 523. The minimum Gasteiger partial charge on any atom is -0.493 e. The van der Waals surface area contributed by atoms with E-state index in [1.165, 1.54) is 26.4 Å². The van der Waals surface area contributed by atoms with Crippen molar-refractivity contribution in [1.82, 2.24) is 5.32 Å². The monoisotopic (exact) mass is 331 g/mol. The number of halogens is 1. The van der Waals surface area contributed by atoms with E-state index in [2.05, 4.69) is 10.6 Å². The van der Waals surface area contributed by atoms with E-state index in [-0.39, 0.29) is 23.9 Å². The van der Waals surface area contributed by atoms with Crippen LogP contribution in [0.1, 0.15) is 23.2 Å². The second kappa shape index (κ2) is 9.86. The lowest BCUT2D eigenvalue weighted by molar-refractivity contribution is -0.116. The average Bonchev–Trinajstić information content (AvgIpc) is 2.46. The molecule has 0 radical (unpaired) electrons. The van der Waals surface area contributed by atoms with Gasteiger partial charge in [-0.25, -0.2) is 0 Å². The van der Waals surface area contributed by atoms with Gasteiger partial charge < -0.3 is 25.8 Å². The van der Waals surface area contributed by atoms with Gasteiger partial charge in [0.2, 0.25) is 5.91 Å². The number of anilines is 1. The van der Waals surface area contributed by atoms with Crippen molar-refractivity contribution in [1.29, 1.82) is 0 Å². The first-order valence-corrected chi connectivity index (χ1v) is 6.53. The number of hydrogen-bond acceptors (Lipinski definition) is 5. The number of nitrogens with two attached hydrogens (primary N) is 1. The third-order valence-corrected chi connectivity index (χ3v) is 2.89. The second-order valence-corrected chi connectivity index (χ2v) is 4.37. The molecule has 0 aliphatic heterocycles. The summed E-state index contributed by atoms with van der Waals surface area (Å²) in [6.07, 6.45) is 1.04. The van der Waals surface area contributed by atoms with Gasteiger partial charge in [0.05, 0.1) is 25.5 Å². The lowest BCUT2D eigenvalue weighted by Crippen LogP contribution is -2.19. The van der Waals surface area contributed by atoms with Crippen LogP contribution in [0.4, 0.5) is 5.69 Å². The molecule has 0 unspecified atom stereocenters. The Kier molecular flexibility index (Phi) is 8.97. The quantitative estimate of drug-likeness (QED) is 0.620. The molecule has 1 aromatic rings. The molecular weight excluding hydrogens is 310 g/mol. The zero-order chi connectivity index (χ0) is 15.8. The third-order valence-electron chi connectivity index (χ3n) is 2.89. The average molecular weight is 332 g/mol. The fourth-order valence-electron chi connectivity index (χ4n) is 1.82. The molecule has 0 heterocycles. The molecule has 1 rings (SSSR count). The van der Waals surface area contributed by atoms with Crippen LogP contribution in [0.3, 0.4) is 0 Å². The van der Waals surface area contributed by atoms with Gasteiger partial charge in [-0.2, -0.15) is 0 Å². The number of carbonyl (C=O) groups excluding carboxylic acids is 2. The van der Waals surface area contributed by atoms with Crippen LogP contribution >= 0.6 is 12.4 Å². The number of primary amides is 1. The number of benzene rings is 1. The highest BCUT2D eigenvalue weighted by molar-refractivity contribution is 6.03. The van der Waals surface area contributed by atoms with E-state index in [1.54, 1.807) is 0 Å². The van der Waals surface area contributed by atoms with Gasteiger partial charge in [0.15, 0.2) is 11.5 Å². The van der Waals surface area contributed by atoms with Crippen molar-refractivity contribution in [2.75, 3.05) is 33.1 Å². The number of methoxy groups -OCH3 is 2. The summed E-state index contributed by atoms with van der Waals surface area (Å²) >= 11 is 0. The summed E-state index contributed by atoms with van der Waals surface area (Å²) in [5.41, 5.74) is 5.82. The van der Waals surface area contributed by atoms with Crippen LogP contribution in [-0.2, 0) is 4.79 Å². The van der Waals surface area contributed by atoms with E-state index in [1.807, 2.05) is 7.05 Å². The van der Waals surface area contributed by atoms with Crippen LogP contribution in [0.2, 0.25) is 0 Å². The van der Waals surface area contributed by atoms with Crippen molar-refractivity contribution in [3.63, 3.8) is 0 Å². The molecule has 22 heavy (non-hydrogen) atoms. The minimum atomic E-state index is -0.651. The molecule has 0 atom stereocenters. The normalized spacial score (nSPS) is 9.59. The van der Waals surface area contributed by atoms with E-state index < -0.39 is 5.91 Å². The Morgan fingerprint density at radius 2 is 1.77 bits per heavy atom. The molecule has 1 aromatic carbocycles. The maximum absolute atomic E-state index is 11.9. The lowest BCUT2D eigenvalue weighted by atomic mass is 10.1. The first-order chi connectivity index (χ1) is 10.0. The first-order valence-electron chi connectivity index (χ1n) is 6.53. The van der Waals surface area contributed by atoms with Crippen molar-refractivity contribution in [3.05, 3.63) is 17.7 Å². The van der Waals surface area contributed by atoms with E-state index in [0.29, 0.717) is 30.0 Å². The highest BCUT2D eigenvalue weighted by Crippen LogP contribution is 2.33. The van der Waals surface area contributed by atoms with E-state index in [0.717, 1.165) is 6.54 Å². The number of nitrogens with one attached hydrogen (secondary N) is 2. The third kappa shape index (κ3) is 5.42.